The number of hydrogen-bond donors (Lipinski definition) is 0. The lowest BCUT2D eigenvalue weighted by Gasteiger charge is -2.16. The molecule has 26 heavy (non-hydrogen) atoms. The summed E-state index contributed by atoms with van der Waals surface area (Å²) < 4.78 is 9.56. The lowest BCUT2D eigenvalue weighted by Crippen LogP contribution is -2.19. The lowest BCUT2D eigenvalue weighted by atomic mass is 9.93. The zero-order valence-corrected chi connectivity index (χ0v) is 15.4. The van der Waals surface area contributed by atoms with E-state index in [4.69, 9.17) is 9.47 Å². The maximum absolute atomic E-state index is 12.2. The molecular weight excluding hydrogens is 332 g/mol. The van der Waals surface area contributed by atoms with Gasteiger partial charge in [0.1, 0.15) is 0 Å². The molecule has 0 aromatic heterocycles. The average Bonchev–Trinajstić information content (AvgIpc) is 2.64. The monoisotopic (exact) mass is 354 g/mol. The standard InChI is InChI=1S/C20H22N2O4/c1-13-6-5-7-15(10-13)21-22-18-11-14(2)8-9-16(18)17(20(24)26-4)12-19(23)25-3/h5-11,17H,12H2,1-4H3. The maximum atomic E-state index is 12.2. The van der Waals surface area contributed by atoms with Crippen LogP contribution in [0.15, 0.2) is 52.7 Å². The molecule has 1 unspecified atom stereocenters. The summed E-state index contributed by atoms with van der Waals surface area (Å²) in [5, 5.41) is 8.58. The quantitative estimate of drug-likeness (QED) is 0.564. The molecule has 0 saturated heterocycles. The number of esters is 2. The van der Waals surface area contributed by atoms with Crippen molar-refractivity contribution in [2.45, 2.75) is 26.2 Å². The molecule has 0 fully saturated rings. The molecule has 0 bridgehead atoms. The van der Waals surface area contributed by atoms with Crippen molar-refractivity contribution in [2.24, 2.45) is 10.2 Å². The largest absolute Gasteiger partial charge is 0.469 e. The van der Waals surface area contributed by atoms with Gasteiger partial charge in [0.2, 0.25) is 0 Å². The van der Waals surface area contributed by atoms with Gasteiger partial charge in [-0.1, -0.05) is 24.3 Å². The molecule has 6 heteroatoms. The van der Waals surface area contributed by atoms with Crippen molar-refractivity contribution in [3.05, 3.63) is 59.2 Å². The van der Waals surface area contributed by atoms with E-state index in [1.165, 1.54) is 14.2 Å². The first-order valence-electron chi connectivity index (χ1n) is 8.18. The van der Waals surface area contributed by atoms with E-state index in [0.29, 0.717) is 16.9 Å². The summed E-state index contributed by atoms with van der Waals surface area (Å²) in [7, 11) is 2.57. The Labute approximate surface area is 152 Å². The number of ether oxygens (including phenoxy) is 2. The Morgan fingerprint density at radius 2 is 1.69 bits per heavy atom. The number of hydrogen-bond acceptors (Lipinski definition) is 6. The Morgan fingerprint density at radius 1 is 0.962 bits per heavy atom. The third-order valence-corrected chi connectivity index (χ3v) is 3.92. The molecule has 1 atom stereocenters. The van der Waals surface area contributed by atoms with E-state index in [1.807, 2.05) is 50.2 Å². The molecule has 0 N–H and O–H groups in total. The number of carbonyl (C=O) groups is 2. The fourth-order valence-electron chi connectivity index (χ4n) is 2.55. The number of rotatable bonds is 6. The second kappa shape index (κ2) is 8.89. The molecule has 0 spiro atoms. The summed E-state index contributed by atoms with van der Waals surface area (Å²) in [6, 6.07) is 13.1. The highest BCUT2D eigenvalue weighted by atomic mass is 16.5. The Balaban J connectivity index is 2.44. The van der Waals surface area contributed by atoms with Crippen LogP contribution in [0.2, 0.25) is 0 Å². The highest BCUT2D eigenvalue weighted by Crippen LogP contribution is 2.33. The van der Waals surface area contributed by atoms with Crippen LogP contribution in [0.3, 0.4) is 0 Å². The summed E-state index contributed by atoms with van der Waals surface area (Å²) >= 11 is 0. The number of aryl methyl sites for hydroxylation is 2. The van der Waals surface area contributed by atoms with Crippen molar-refractivity contribution in [1.29, 1.82) is 0 Å². The van der Waals surface area contributed by atoms with Gasteiger partial charge < -0.3 is 9.47 Å². The van der Waals surface area contributed by atoms with E-state index < -0.39 is 17.9 Å². The van der Waals surface area contributed by atoms with Crippen LogP contribution < -0.4 is 0 Å². The molecule has 0 aliphatic rings. The number of azo groups is 1. The molecule has 2 rings (SSSR count). The topological polar surface area (TPSA) is 77.3 Å². The number of carbonyl (C=O) groups excluding carboxylic acids is 2. The molecule has 6 nitrogen and oxygen atoms in total. The Bertz CT molecular complexity index is 830. The van der Waals surface area contributed by atoms with Crippen LogP contribution in [0, 0.1) is 13.8 Å². The number of benzene rings is 2. The van der Waals surface area contributed by atoms with E-state index in [9.17, 15) is 9.59 Å². The zero-order chi connectivity index (χ0) is 19.1. The van der Waals surface area contributed by atoms with Crippen LogP contribution in [0.25, 0.3) is 0 Å². The SMILES string of the molecule is COC(=O)CC(C(=O)OC)c1ccc(C)cc1N=Nc1cccc(C)c1. The van der Waals surface area contributed by atoms with Crippen LogP contribution in [0.4, 0.5) is 11.4 Å². The fourth-order valence-corrected chi connectivity index (χ4v) is 2.55. The van der Waals surface area contributed by atoms with Crippen molar-refractivity contribution < 1.29 is 19.1 Å². The summed E-state index contributed by atoms with van der Waals surface area (Å²) in [6.07, 6.45) is -0.126. The third-order valence-electron chi connectivity index (χ3n) is 3.92. The van der Waals surface area contributed by atoms with E-state index >= 15 is 0 Å². The van der Waals surface area contributed by atoms with Gasteiger partial charge in [-0.25, -0.2) is 0 Å². The molecule has 0 heterocycles. The third kappa shape index (κ3) is 4.99. The molecule has 136 valence electrons. The van der Waals surface area contributed by atoms with E-state index in [2.05, 4.69) is 10.2 Å². The molecule has 2 aromatic carbocycles. The first-order valence-corrected chi connectivity index (χ1v) is 8.18. The van der Waals surface area contributed by atoms with Crippen molar-refractivity contribution >= 4 is 23.3 Å². The molecule has 0 aliphatic heterocycles. The van der Waals surface area contributed by atoms with Gasteiger partial charge >= 0.3 is 11.9 Å². The van der Waals surface area contributed by atoms with Crippen LogP contribution in [0.1, 0.15) is 29.0 Å². The van der Waals surface area contributed by atoms with E-state index in [0.717, 1.165) is 11.1 Å². The van der Waals surface area contributed by atoms with Crippen molar-refractivity contribution in [2.75, 3.05) is 14.2 Å². The number of methoxy groups -OCH3 is 2. The molecule has 0 radical (unpaired) electrons. The van der Waals surface area contributed by atoms with E-state index in [1.54, 1.807) is 6.07 Å². The van der Waals surface area contributed by atoms with Crippen molar-refractivity contribution in [3.63, 3.8) is 0 Å². The van der Waals surface area contributed by atoms with Gasteiger partial charge in [0, 0.05) is 0 Å². The van der Waals surface area contributed by atoms with Gasteiger partial charge in [0.05, 0.1) is 37.9 Å². The Hall–Kier alpha value is -3.02. The predicted molar refractivity (Wildman–Crippen MR) is 97.9 cm³/mol. The van der Waals surface area contributed by atoms with E-state index in [-0.39, 0.29) is 6.42 Å². The minimum absolute atomic E-state index is 0.126. The first kappa shape index (κ1) is 19.3. The van der Waals surface area contributed by atoms with Gasteiger partial charge in [0.15, 0.2) is 0 Å². The number of nitrogens with zero attached hydrogens (tertiary/aromatic N) is 2. The Kier molecular flexibility index (Phi) is 6.60. The van der Waals surface area contributed by atoms with Gasteiger partial charge in [-0.2, -0.15) is 10.2 Å². The molecule has 0 saturated carbocycles. The Morgan fingerprint density at radius 3 is 2.35 bits per heavy atom. The average molecular weight is 354 g/mol. The van der Waals surface area contributed by atoms with Gasteiger partial charge in [-0.05, 0) is 48.7 Å². The summed E-state index contributed by atoms with van der Waals surface area (Å²) in [5.41, 5.74) is 3.84. The van der Waals surface area contributed by atoms with Gasteiger partial charge in [-0.3, -0.25) is 9.59 Å². The molecule has 2 aromatic rings. The second-order valence-corrected chi connectivity index (χ2v) is 5.96. The van der Waals surface area contributed by atoms with Crippen molar-refractivity contribution in [1.82, 2.24) is 0 Å². The summed E-state index contributed by atoms with van der Waals surface area (Å²) in [5.74, 6) is -1.83. The highest BCUT2D eigenvalue weighted by Gasteiger charge is 2.27. The first-order chi connectivity index (χ1) is 12.4. The van der Waals surface area contributed by atoms with Crippen molar-refractivity contribution in [3.8, 4) is 0 Å². The highest BCUT2D eigenvalue weighted by molar-refractivity contribution is 5.85. The van der Waals surface area contributed by atoms with Gasteiger partial charge in [-0.15, -0.1) is 0 Å². The molecule has 0 aliphatic carbocycles. The minimum Gasteiger partial charge on any atom is -0.469 e. The minimum atomic E-state index is -0.806. The maximum Gasteiger partial charge on any atom is 0.313 e. The van der Waals surface area contributed by atoms with Gasteiger partial charge in [0.25, 0.3) is 0 Å². The fraction of sp³-hybridized carbons (Fsp3) is 0.300. The smallest absolute Gasteiger partial charge is 0.313 e. The lowest BCUT2D eigenvalue weighted by molar-refractivity contribution is -0.149. The molecular formula is C20H22N2O4. The second-order valence-electron chi connectivity index (χ2n) is 5.96. The normalized spacial score (nSPS) is 12.0. The zero-order valence-electron chi connectivity index (χ0n) is 15.4. The predicted octanol–water partition coefficient (Wildman–Crippen LogP) is 4.54. The molecule has 0 amide bonds. The van der Waals surface area contributed by atoms with Crippen LogP contribution in [-0.2, 0) is 19.1 Å². The summed E-state index contributed by atoms with van der Waals surface area (Å²) in [6.45, 7) is 3.89. The van der Waals surface area contributed by atoms with Crippen LogP contribution >= 0.6 is 0 Å². The van der Waals surface area contributed by atoms with Crippen LogP contribution in [-0.4, -0.2) is 26.2 Å². The summed E-state index contributed by atoms with van der Waals surface area (Å²) in [4.78, 5) is 23.9. The van der Waals surface area contributed by atoms with Crippen LogP contribution in [0.5, 0.6) is 0 Å².